The van der Waals surface area contributed by atoms with Gasteiger partial charge in [0.2, 0.25) is 0 Å². The molecule has 104 valence electrons. The van der Waals surface area contributed by atoms with Crippen LogP contribution in [0.1, 0.15) is 13.3 Å². The predicted octanol–water partition coefficient (Wildman–Crippen LogP) is 2.29. The van der Waals surface area contributed by atoms with Gasteiger partial charge in [0, 0.05) is 18.3 Å². The molecule has 0 saturated carbocycles. The highest BCUT2D eigenvalue weighted by molar-refractivity contribution is 5.91. The van der Waals surface area contributed by atoms with Crippen LogP contribution < -0.4 is 5.32 Å². The minimum absolute atomic E-state index is 0.0611. The Morgan fingerprint density at radius 1 is 1.26 bits per heavy atom. The molecule has 1 aromatic carbocycles. The lowest BCUT2D eigenvalue weighted by atomic mass is 10.3. The molecule has 0 aliphatic heterocycles. The van der Waals surface area contributed by atoms with E-state index in [2.05, 4.69) is 5.32 Å². The summed E-state index contributed by atoms with van der Waals surface area (Å²) >= 11 is 0. The van der Waals surface area contributed by atoms with Crippen LogP contribution in [0.15, 0.2) is 18.2 Å². The molecule has 19 heavy (non-hydrogen) atoms. The first-order valence-electron chi connectivity index (χ1n) is 5.66. The summed E-state index contributed by atoms with van der Waals surface area (Å²) in [5, 5.41) is 10.9. The van der Waals surface area contributed by atoms with Crippen LogP contribution in [0.4, 0.5) is 19.3 Å². The first-order valence-corrected chi connectivity index (χ1v) is 5.66. The van der Waals surface area contributed by atoms with Gasteiger partial charge in [-0.3, -0.25) is 4.79 Å². The second kappa shape index (κ2) is 6.67. The quantitative estimate of drug-likeness (QED) is 0.864. The van der Waals surface area contributed by atoms with Gasteiger partial charge in [0.05, 0.1) is 0 Å². The van der Waals surface area contributed by atoms with E-state index in [-0.39, 0.29) is 12.2 Å². The van der Waals surface area contributed by atoms with Gasteiger partial charge in [-0.1, -0.05) is 6.92 Å². The number of benzene rings is 1. The van der Waals surface area contributed by atoms with E-state index in [1.165, 1.54) is 0 Å². The maximum absolute atomic E-state index is 12.9. The largest absolute Gasteiger partial charge is 0.480 e. The van der Waals surface area contributed by atoms with E-state index < -0.39 is 30.2 Å². The number of anilines is 1. The minimum atomic E-state index is -1.16. The fraction of sp³-hybridized carbons (Fsp3) is 0.333. The third kappa shape index (κ3) is 4.90. The van der Waals surface area contributed by atoms with Gasteiger partial charge in [0.1, 0.15) is 18.2 Å². The molecule has 5 nitrogen and oxygen atoms in total. The Morgan fingerprint density at radius 3 is 2.32 bits per heavy atom. The van der Waals surface area contributed by atoms with Crippen LogP contribution in [0.2, 0.25) is 0 Å². The van der Waals surface area contributed by atoms with Crippen LogP contribution in [0.25, 0.3) is 0 Å². The van der Waals surface area contributed by atoms with Crippen molar-refractivity contribution in [1.29, 1.82) is 0 Å². The first kappa shape index (κ1) is 14.9. The molecule has 0 spiro atoms. The average molecular weight is 272 g/mol. The summed E-state index contributed by atoms with van der Waals surface area (Å²) < 4.78 is 25.9. The van der Waals surface area contributed by atoms with Gasteiger partial charge < -0.3 is 15.3 Å². The van der Waals surface area contributed by atoms with E-state index in [0.29, 0.717) is 12.5 Å². The van der Waals surface area contributed by atoms with Crippen molar-refractivity contribution in [3.63, 3.8) is 0 Å². The number of amides is 2. The number of rotatable bonds is 5. The number of carbonyl (C=O) groups is 2. The number of nitrogens with zero attached hydrogens (tertiary/aromatic N) is 1. The molecule has 0 aliphatic carbocycles. The number of urea groups is 1. The van der Waals surface area contributed by atoms with Crippen LogP contribution in [0.5, 0.6) is 0 Å². The molecule has 1 rings (SSSR count). The standard InChI is InChI=1S/C12H14F2N2O3/c1-2-3-16(7-11(17)18)12(19)15-10-5-8(13)4-9(14)6-10/h4-6H,2-3,7H2,1H3,(H,15,19)(H,17,18). The fourth-order valence-electron chi connectivity index (χ4n) is 1.51. The zero-order chi connectivity index (χ0) is 14.4. The number of carbonyl (C=O) groups excluding carboxylic acids is 1. The molecule has 0 aromatic heterocycles. The first-order chi connectivity index (χ1) is 8.92. The third-order valence-electron chi connectivity index (χ3n) is 2.22. The number of halogens is 2. The van der Waals surface area contributed by atoms with Gasteiger partial charge in [-0.2, -0.15) is 0 Å². The fourth-order valence-corrected chi connectivity index (χ4v) is 1.51. The van der Waals surface area contributed by atoms with E-state index in [1.54, 1.807) is 6.92 Å². The van der Waals surface area contributed by atoms with Gasteiger partial charge in [-0.05, 0) is 18.6 Å². The molecule has 0 heterocycles. The number of carboxylic acids is 1. The zero-order valence-corrected chi connectivity index (χ0v) is 10.3. The predicted molar refractivity (Wildman–Crippen MR) is 64.9 cm³/mol. The van der Waals surface area contributed by atoms with Crippen molar-refractivity contribution in [2.75, 3.05) is 18.4 Å². The van der Waals surface area contributed by atoms with Crippen molar-refractivity contribution in [2.24, 2.45) is 0 Å². The van der Waals surface area contributed by atoms with E-state index in [9.17, 15) is 18.4 Å². The van der Waals surface area contributed by atoms with Gasteiger partial charge in [0.15, 0.2) is 0 Å². The Morgan fingerprint density at radius 2 is 1.84 bits per heavy atom. The summed E-state index contributed by atoms with van der Waals surface area (Å²) in [6.45, 7) is 1.54. The van der Waals surface area contributed by atoms with Crippen LogP contribution in [-0.2, 0) is 4.79 Å². The van der Waals surface area contributed by atoms with Crippen molar-refractivity contribution in [3.8, 4) is 0 Å². The molecule has 2 N–H and O–H groups in total. The molecule has 0 saturated heterocycles. The number of aliphatic carboxylic acids is 1. The van der Waals surface area contributed by atoms with Crippen molar-refractivity contribution >= 4 is 17.7 Å². The van der Waals surface area contributed by atoms with Gasteiger partial charge >= 0.3 is 12.0 Å². The molecule has 7 heteroatoms. The highest BCUT2D eigenvalue weighted by Crippen LogP contribution is 2.13. The lowest BCUT2D eigenvalue weighted by molar-refractivity contribution is -0.137. The summed E-state index contributed by atoms with van der Waals surface area (Å²) in [4.78, 5) is 23.4. The number of nitrogens with one attached hydrogen (secondary N) is 1. The van der Waals surface area contributed by atoms with Crippen LogP contribution in [0.3, 0.4) is 0 Å². The SMILES string of the molecule is CCCN(CC(=O)O)C(=O)Nc1cc(F)cc(F)c1. The Labute approximate surface area is 108 Å². The Bertz CT molecular complexity index is 460. The maximum Gasteiger partial charge on any atom is 0.323 e. The summed E-state index contributed by atoms with van der Waals surface area (Å²) in [6, 6.07) is 1.86. The van der Waals surface area contributed by atoms with E-state index in [0.717, 1.165) is 17.0 Å². The monoisotopic (exact) mass is 272 g/mol. The van der Waals surface area contributed by atoms with Crippen LogP contribution in [0, 0.1) is 11.6 Å². The van der Waals surface area contributed by atoms with Gasteiger partial charge in [-0.25, -0.2) is 13.6 Å². The van der Waals surface area contributed by atoms with E-state index in [4.69, 9.17) is 5.11 Å². The Kier molecular flexibility index (Phi) is 5.23. The van der Waals surface area contributed by atoms with Gasteiger partial charge in [-0.15, -0.1) is 0 Å². The van der Waals surface area contributed by atoms with Crippen molar-refractivity contribution in [1.82, 2.24) is 4.90 Å². The van der Waals surface area contributed by atoms with Crippen molar-refractivity contribution < 1.29 is 23.5 Å². The van der Waals surface area contributed by atoms with Crippen molar-refractivity contribution in [2.45, 2.75) is 13.3 Å². The van der Waals surface area contributed by atoms with Gasteiger partial charge in [0.25, 0.3) is 0 Å². The van der Waals surface area contributed by atoms with E-state index in [1.807, 2.05) is 0 Å². The molecule has 2 amide bonds. The average Bonchev–Trinajstić information content (AvgIpc) is 2.26. The lowest BCUT2D eigenvalue weighted by Crippen LogP contribution is -2.39. The molecule has 0 unspecified atom stereocenters. The van der Waals surface area contributed by atoms with Crippen molar-refractivity contribution in [3.05, 3.63) is 29.8 Å². The topological polar surface area (TPSA) is 69.6 Å². The zero-order valence-electron chi connectivity index (χ0n) is 10.3. The Hall–Kier alpha value is -2.18. The second-order valence-corrected chi connectivity index (χ2v) is 3.90. The lowest BCUT2D eigenvalue weighted by Gasteiger charge is -2.20. The minimum Gasteiger partial charge on any atom is -0.480 e. The highest BCUT2D eigenvalue weighted by Gasteiger charge is 2.16. The summed E-state index contributed by atoms with van der Waals surface area (Å²) in [5.41, 5.74) is -0.0611. The summed E-state index contributed by atoms with van der Waals surface area (Å²) in [7, 11) is 0. The second-order valence-electron chi connectivity index (χ2n) is 3.90. The van der Waals surface area contributed by atoms with E-state index >= 15 is 0 Å². The number of hydrogen-bond acceptors (Lipinski definition) is 2. The normalized spacial score (nSPS) is 10.1. The summed E-state index contributed by atoms with van der Waals surface area (Å²) in [5.74, 6) is -2.81. The highest BCUT2D eigenvalue weighted by atomic mass is 19.1. The molecule has 0 atom stereocenters. The number of hydrogen-bond donors (Lipinski definition) is 2. The molecule has 0 radical (unpaired) electrons. The molecule has 1 aromatic rings. The molecule has 0 bridgehead atoms. The molecular weight excluding hydrogens is 258 g/mol. The number of carboxylic acid groups (broad SMARTS) is 1. The third-order valence-corrected chi connectivity index (χ3v) is 2.22. The Balaban J connectivity index is 2.77. The smallest absolute Gasteiger partial charge is 0.323 e. The molecular formula is C12H14F2N2O3. The van der Waals surface area contributed by atoms with Crippen LogP contribution in [-0.4, -0.2) is 35.1 Å². The molecule has 0 aliphatic rings. The van der Waals surface area contributed by atoms with Crippen LogP contribution >= 0.6 is 0 Å². The maximum atomic E-state index is 12.9. The molecule has 0 fully saturated rings. The summed E-state index contributed by atoms with van der Waals surface area (Å²) in [6.07, 6.45) is 0.568.